The van der Waals surface area contributed by atoms with Crippen LogP contribution in [0.3, 0.4) is 0 Å². The molecule has 0 aromatic heterocycles. The minimum Gasteiger partial charge on any atom is -0.633 e. The molecule has 0 aromatic rings. The summed E-state index contributed by atoms with van der Waals surface area (Å²) in [5.74, 6) is -8.98. The van der Waals surface area contributed by atoms with Crippen molar-refractivity contribution in [2.24, 2.45) is 11.8 Å². The normalized spacial score (nSPS) is 15.3. The number of hydroxylamine groups is 9. The molecule has 0 aliphatic rings. The van der Waals surface area contributed by atoms with Crippen LogP contribution in [0.5, 0.6) is 0 Å². The second-order valence-corrected chi connectivity index (χ2v) is 24.4. The van der Waals surface area contributed by atoms with E-state index in [2.05, 4.69) is 0 Å². The molecular formula is C40H63F28N5O7S2. The number of hydrogen-bond acceptors (Lipinski definition) is 7. The molecule has 0 unspecified atom stereocenters. The molecule has 0 saturated heterocycles. The van der Waals surface area contributed by atoms with Crippen LogP contribution in [0.25, 0.3) is 0 Å². The van der Waals surface area contributed by atoms with Crippen molar-refractivity contribution in [3.8, 4) is 0 Å². The highest BCUT2D eigenvalue weighted by molar-refractivity contribution is 7.89. The Morgan fingerprint density at radius 3 is 0.817 bits per heavy atom. The van der Waals surface area contributed by atoms with Crippen LogP contribution < -0.4 is 4.72 Å². The zero-order valence-electron chi connectivity index (χ0n) is 43.1. The Morgan fingerprint density at radius 1 is 0.378 bits per heavy atom. The fraction of sp³-hybridized carbons (Fsp3) is 1.00. The Balaban J connectivity index is -0.00000153. The monoisotopic (exact) mass is 1320 g/mol. The lowest BCUT2D eigenvalue weighted by Gasteiger charge is -2.37. The second-order valence-electron chi connectivity index (χ2n) is 20.4. The number of quaternary nitrogens is 3. The molecule has 0 aliphatic heterocycles. The van der Waals surface area contributed by atoms with Crippen molar-refractivity contribution in [1.29, 1.82) is 0 Å². The smallest absolute Gasteiger partial charge is 0.431 e. The molecule has 82 heavy (non-hydrogen) atoms. The zero-order chi connectivity index (χ0) is 65.4. The Labute approximate surface area is 453 Å². The van der Waals surface area contributed by atoms with E-state index in [0.717, 1.165) is 0 Å². The van der Waals surface area contributed by atoms with Crippen molar-refractivity contribution in [3.63, 3.8) is 0 Å². The van der Waals surface area contributed by atoms with Gasteiger partial charge in [0.15, 0.2) is 0 Å². The summed E-state index contributed by atoms with van der Waals surface area (Å²) in [5, 5.41) is 34.9. The van der Waals surface area contributed by atoms with Gasteiger partial charge >= 0.3 is 49.4 Å². The van der Waals surface area contributed by atoms with Crippen LogP contribution in [0.2, 0.25) is 0 Å². The predicted molar refractivity (Wildman–Crippen MR) is 236 cm³/mol. The fourth-order valence-corrected chi connectivity index (χ4v) is 10.1. The molecule has 0 rings (SSSR count). The summed E-state index contributed by atoms with van der Waals surface area (Å²) in [6, 6.07) is 0. The van der Waals surface area contributed by atoms with Crippen molar-refractivity contribution >= 4 is 20.0 Å². The fourth-order valence-electron chi connectivity index (χ4n) is 7.36. The maximum Gasteiger partial charge on any atom is 0.431 e. The molecule has 0 fully saturated rings. The molecule has 0 saturated carbocycles. The van der Waals surface area contributed by atoms with Crippen LogP contribution in [-0.2, 0) is 20.0 Å². The highest BCUT2D eigenvalue weighted by atomic mass is 32.2. The van der Waals surface area contributed by atoms with Crippen molar-refractivity contribution in [3.05, 3.63) is 15.6 Å². The summed E-state index contributed by atoms with van der Waals surface area (Å²) in [5.41, 5.74) is -25.4. The lowest BCUT2D eigenvalue weighted by molar-refractivity contribution is -0.840. The first-order valence-electron chi connectivity index (χ1n) is 23.0. The van der Waals surface area contributed by atoms with Crippen molar-refractivity contribution in [2.75, 3.05) is 93.1 Å². The van der Waals surface area contributed by atoms with E-state index in [4.69, 9.17) is 0 Å². The molecule has 498 valence electrons. The number of rotatable bonds is 30. The summed E-state index contributed by atoms with van der Waals surface area (Å²) in [6.45, 7) is -1.59. The Kier molecular flexibility index (Phi) is 29.3. The van der Waals surface area contributed by atoms with Gasteiger partial charge in [-0.25, -0.2) is 43.4 Å². The van der Waals surface area contributed by atoms with Crippen molar-refractivity contribution in [2.45, 2.75) is 150 Å². The third-order valence-corrected chi connectivity index (χ3v) is 15.1. The van der Waals surface area contributed by atoms with E-state index in [9.17, 15) is 155 Å². The van der Waals surface area contributed by atoms with Crippen molar-refractivity contribution < 1.29 is 154 Å². The number of nitrogens with one attached hydrogen (secondary N) is 1. The molecule has 0 atom stereocenters. The molecule has 0 amide bonds. The maximum absolute atomic E-state index is 14.4. The van der Waals surface area contributed by atoms with Gasteiger partial charge in [-0.2, -0.15) is 105 Å². The number of alkyl halides is 28. The highest BCUT2D eigenvalue weighted by Gasteiger charge is 2.77. The zero-order valence-corrected chi connectivity index (χ0v) is 44.8. The summed E-state index contributed by atoms with van der Waals surface area (Å²) in [6.07, 6.45) is -73.3. The van der Waals surface area contributed by atoms with E-state index in [0.29, 0.717) is 4.31 Å². The third-order valence-electron chi connectivity index (χ3n) is 11.7. The Hall–Kier alpha value is -2.38. The molecular weight excluding hydrogens is 1260 g/mol. The Morgan fingerprint density at radius 2 is 0.598 bits per heavy atom. The quantitative estimate of drug-likeness (QED) is 0.0325. The van der Waals surface area contributed by atoms with Gasteiger partial charge in [-0.15, -0.1) is 0 Å². The highest BCUT2D eigenvalue weighted by Crippen LogP contribution is 2.57. The van der Waals surface area contributed by atoms with Crippen LogP contribution in [0.15, 0.2) is 0 Å². The van der Waals surface area contributed by atoms with E-state index >= 15 is 0 Å². The topological polar surface area (TPSA) is 153 Å². The summed E-state index contributed by atoms with van der Waals surface area (Å²) < 4.78 is 418. The predicted octanol–water partition coefficient (Wildman–Crippen LogP) is 12.7. The minimum absolute atomic E-state index is 0. The molecule has 12 nitrogen and oxygen atoms in total. The standard InChI is InChI=1S/C22H35F14N3O4S.C17H24F14N2O3S.CH4/c1-38(2,40)11-6-9-37(10-7-12-39(3,4)41)44(42,43)13-5-8-16(14-17(23,19(25,26)27)20(28,29)30)15-18(24,21(31,32)33)22(34,35)36;1-33(2,34)7-4-6-32-37(35,36)8-3-5-11(9-12(18,14(20,21)22)15(23,24)25)10-13(19,16(26,27)28)17(29,30)31;/h16H,5-15H2,1-4H3;11,32H,3-10H2,1-2H3;1H4. The van der Waals surface area contributed by atoms with E-state index < -0.39 is 194 Å². The van der Waals surface area contributed by atoms with E-state index in [1.165, 1.54) is 42.3 Å². The first-order valence-corrected chi connectivity index (χ1v) is 26.2. The molecule has 0 aromatic carbocycles. The average molecular weight is 1320 g/mol. The molecule has 0 heterocycles. The van der Waals surface area contributed by atoms with Gasteiger partial charge in [0, 0.05) is 64.6 Å². The van der Waals surface area contributed by atoms with E-state index in [1.54, 1.807) is 0 Å². The van der Waals surface area contributed by atoms with Crippen LogP contribution >= 0.6 is 0 Å². The van der Waals surface area contributed by atoms with Crippen molar-refractivity contribution in [1.82, 2.24) is 9.03 Å². The van der Waals surface area contributed by atoms with Crippen LogP contribution in [0, 0.1) is 27.5 Å². The average Bonchev–Trinajstić information content (AvgIpc) is 3.17. The van der Waals surface area contributed by atoms with Gasteiger partial charge < -0.3 is 29.6 Å². The summed E-state index contributed by atoms with van der Waals surface area (Å²) >= 11 is 0. The second kappa shape index (κ2) is 28.6. The largest absolute Gasteiger partial charge is 0.633 e. The SMILES string of the molecule is C.C[N+](C)([O-])CCCN(CCC[N+](C)(C)[O-])S(=O)(=O)CCCC(CC(F)(C(F)(F)F)C(F)(F)F)CC(F)(C(F)(F)F)C(F)(F)F.C[N+](C)([O-])CCCNS(=O)(=O)CCCC(CC(F)(C(F)(F)F)C(F)(F)F)CC(F)(C(F)(F)F)C(F)(F)F. The van der Waals surface area contributed by atoms with Gasteiger partial charge in [-0.05, 0) is 37.5 Å². The van der Waals surface area contributed by atoms with Gasteiger partial charge in [0.1, 0.15) is 0 Å². The van der Waals surface area contributed by atoms with Crippen LogP contribution in [0.1, 0.15) is 78.1 Å². The molecule has 0 aliphatic carbocycles. The molecule has 42 heteroatoms. The number of hydrogen-bond donors (Lipinski definition) is 1. The van der Waals surface area contributed by atoms with E-state index in [1.807, 2.05) is 4.72 Å². The van der Waals surface area contributed by atoms with Gasteiger partial charge in [-0.1, -0.05) is 7.43 Å². The first-order chi connectivity index (χ1) is 35.1. The lowest BCUT2D eigenvalue weighted by Crippen LogP contribution is -2.57. The molecule has 0 radical (unpaired) electrons. The van der Waals surface area contributed by atoms with Crippen LogP contribution in [0.4, 0.5) is 123 Å². The maximum atomic E-state index is 14.4. The third kappa shape index (κ3) is 25.9. The summed E-state index contributed by atoms with van der Waals surface area (Å²) in [7, 11) is -1.82. The van der Waals surface area contributed by atoms with Gasteiger partial charge in [0.05, 0.1) is 73.4 Å². The molecule has 0 spiro atoms. The van der Waals surface area contributed by atoms with E-state index in [-0.39, 0.29) is 52.9 Å². The molecule has 0 bridgehead atoms. The summed E-state index contributed by atoms with van der Waals surface area (Å²) in [4.78, 5) is 0. The number of nitrogens with zero attached hydrogens (tertiary/aromatic N) is 4. The Bertz CT molecular complexity index is 1970. The number of sulfonamides is 2. The lowest BCUT2D eigenvalue weighted by atomic mass is 9.80. The van der Waals surface area contributed by atoms with Gasteiger partial charge in [0.2, 0.25) is 20.0 Å². The number of halogens is 28. The van der Waals surface area contributed by atoms with Crippen LogP contribution in [-0.4, -0.2) is 200 Å². The van der Waals surface area contributed by atoms with Gasteiger partial charge in [-0.3, -0.25) is 0 Å². The van der Waals surface area contributed by atoms with Gasteiger partial charge in [0.25, 0.3) is 22.7 Å². The first kappa shape index (κ1) is 83.8. The minimum atomic E-state index is -6.90. The molecule has 1 N–H and O–H groups in total.